The Labute approximate surface area is 364 Å². The maximum atomic E-state index is 12.8. The van der Waals surface area contributed by atoms with Gasteiger partial charge >= 0.3 is 17.9 Å². The van der Waals surface area contributed by atoms with Crippen LogP contribution in [0.25, 0.3) is 0 Å². The summed E-state index contributed by atoms with van der Waals surface area (Å²) in [5.41, 5.74) is 0. The first-order chi connectivity index (χ1) is 29.0. The molecule has 0 amide bonds. The Morgan fingerprint density at radius 2 is 0.695 bits per heavy atom. The summed E-state index contributed by atoms with van der Waals surface area (Å²) in [4.78, 5) is 37.8. The van der Waals surface area contributed by atoms with Crippen molar-refractivity contribution in [2.24, 2.45) is 0 Å². The minimum absolute atomic E-state index is 0.0883. The van der Waals surface area contributed by atoms with Gasteiger partial charge in [0.2, 0.25) is 0 Å². The van der Waals surface area contributed by atoms with Crippen molar-refractivity contribution in [1.29, 1.82) is 0 Å². The Morgan fingerprint density at radius 3 is 1.12 bits per heavy atom. The van der Waals surface area contributed by atoms with E-state index >= 15 is 0 Å². The van der Waals surface area contributed by atoms with Crippen LogP contribution >= 0.6 is 0 Å². The van der Waals surface area contributed by atoms with E-state index in [9.17, 15) is 14.4 Å². The number of esters is 3. The van der Waals surface area contributed by atoms with Crippen molar-refractivity contribution < 1.29 is 28.6 Å². The standard InChI is InChI=1S/C53H92O6/c1-4-7-10-13-16-19-22-24-26-28-29-31-34-37-40-43-46-52(55)58-49-50(48-57-51(54)45-42-39-36-33-21-18-15-12-9-6-3)59-53(56)47-44-41-38-35-32-30-27-25-23-20-17-14-11-8-5-2/h8,11-12,15,17,20,25-28,50H,4-7,9-10,13-14,16,18-19,21-24,29-49H2,1-3H3/b11-8-,15-12-,20-17-,27-25-,28-26-. The lowest BCUT2D eigenvalue weighted by Gasteiger charge is -2.18. The Bertz CT molecular complexity index is 1090. The number of allylic oxidation sites excluding steroid dienone is 10. The maximum Gasteiger partial charge on any atom is 0.306 e. The fraction of sp³-hybridized carbons (Fsp3) is 0.755. The molecule has 0 aromatic carbocycles. The van der Waals surface area contributed by atoms with Gasteiger partial charge in [-0.25, -0.2) is 0 Å². The van der Waals surface area contributed by atoms with Crippen LogP contribution in [0.3, 0.4) is 0 Å². The fourth-order valence-corrected chi connectivity index (χ4v) is 6.75. The van der Waals surface area contributed by atoms with Crippen LogP contribution in [0, 0.1) is 0 Å². The second kappa shape index (κ2) is 47.8. The van der Waals surface area contributed by atoms with Gasteiger partial charge in [0.25, 0.3) is 0 Å². The van der Waals surface area contributed by atoms with E-state index in [2.05, 4.69) is 81.5 Å². The zero-order valence-corrected chi connectivity index (χ0v) is 38.8. The lowest BCUT2D eigenvalue weighted by atomic mass is 10.1. The van der Waals surface area contributed by atoms with Crippen molar-refractivity contribution in [3.63, 3.8) is 0 Å². The van der Waals surface area contributed by atoms with Crippen molar-refractivity contribution in [1.82, 2.24) is 0 Å². The minimum atomic E-state index is -0.788. The van der Waals surface area contributed by atoms with Gasteiger partial charge in [0.15, 0.2) is 6.10 Å². The van der Waals surface area contributed by atoms with Gasteiger partial charge in [0.05, 0.1) is 0 Å². The van der Waals surface area contributed by atoms with Crippen molar-refractivity contribution in [2.45, 2.75) is 245 Å². The number of ether oxygens (including phenoxy) is 3. The number of carbonyl (C=O) groups excluding carboxylic acids is 3. The number of rotatable bonds is 44. The first-order valence-electron chi connectivity index (χ1n) is 24.8. The van der Waals surface area contributed by atoms with Crippen LogP contribution in [0.2, 0.25) is 0 Å². The second-order valence-electron chi connectivity index (χ2n) is 16.3. The van der Waals surface area contributed by atoms with Gasteiger partial charge in [-0.05, 0) is 96.3 Å². The van der Waals surface area contributed by atoms with Gasteiger partial charge in [0.1, 0.15) is 13.2 Å². The summed E-state index contributed by atoms with van der Waals surface area (Å²) in [6, 6.07) is 0. The summed E-state index contributed by atoms with van der Waals surface area (Å²) in [5.74, 6) is -0.923. The molecule has 0 aliphatic carbocycles. The van der Waals surface area contributed by atoms with E-state index < -0.39 is 6.10 Å². The fourth-order valence-electron chi connectivity index (χ4n) is 6.75. The Kier molecular flexibility index (Phi) is 45.4. The van der Waals surface area contributed by atoms with Crippen molar-refractivity contribution in [3.05, 3.63) is 60.8 Å². The van der Waals surface area contributed by atoms with Gasteiger partial charge in [0, 0.05) is 19.3 Å². The minimum Gasteiger partial charge on any atom is -0.462 e. The zero-order valence-electron chi connectivity index (χ0n) is 38.8. The highest BCUT2D eigenvalue weighted by molar-refractivity contribution is 5.71. The molecule has 0 spiro atoms. The third-order valence-corrected chi connectivity index (χ3v) is 10.5. The monoisotopic (exact) mass is 825 g/mol. The van der Waals surface area contributed by atoms with E-state index in [1.165, 1.54) is 83.5 Å². The molecule has 340 valence electrons. The number of hydrogen-bond acceptors (Lipinski definition) is 6. The molecule has 0 saturated heterocycles. The van der Waals surface area contributed by atoms with Gasteiger partial charge in [-0.2, -0.15) is 0 Å². The SMILES string of the molecule is CC/C=C\C/C=C\C/C=C\CCCCCCCC(=O)OC(COC(=O)CCCCCCC/C=C\CCC)COC(=O)CCCCCCC/C=C\CCCCCCCCC. The summed E-state index contributed by atoms with van der Waals surface area (Å²) in [6.07, 6.45) is 57.8. The molecule has 0 N–H and O–H groups in total. The molecule has 1 unspecified atom stereocenters. The van der Waals surface area contributed by atoms with Crippen LogP contribution in [-0.4, -0.2) is 37.2 Å². The van der Waals surface area contributed by atoms with E-state index in [-0.39, 0.29) is 31.1 Å². The van der Waals surface area contributed by atoms with Crippen LogP contribution in [0.1, 0.15) is 239 Å². The largest absolute Gasteiger partial charge is 0.462 e. The van der Waals surface area contributed by atoms with Crippen molar-refractivity contribution in [2.75, 3.05) is 13.2 Å². The molecule has 6 heteroatoms. The van der Waals surface area contributed by atoms with Crippen LogP contribution < -0.4 is 0 Å². The Balaban J connectivity index is 4.39. The predicted octanol–water partition coefficient (Wildman–Crippen LogP) is 16.1. The normalized spacial score (nSPS) is 12.5. The molecule has 0 saturated carbocycles. The summed E-state index contributed by atoms with van der Waals surface area (Å²) in [7, 11) is 0. The van der Waals surface area contributed by atoms with Crippen LogP contribution in [0.5, 0.6) is 0 Å². The average molecular weight is 825 g/mol. The van der Waals surface area contributed by atoms with E-state index in [0.717, 1.165) is 116 Å². The smallest absolute Gasteiger partial charge is 0.306 e. The lowest BCUT2D eigenvalue weighted by molar-refractivity contribution is -0.167. The molecule has 0 fully saturated rings. The van der Waals surface area contributed by atoms with E-state index in [0.29, 0.717) is 19.3 Å². The molecule has 0 bridgehead atoms. The molecule has 0 rings (SSSR count). The molecule has 0 aliphatic rings. The third kappa shape index (κ3) is 46.0. The Morgan fingerprint density at radius 1 is 0.356 bits per heavy atom. The maximum absolute atomic E-state index is 12.8. The summed E-state index contributed by atoms with van der Waals surface area (Å²) < 4.78 is 16.7. The van der Waals surface area contributed by atoms with Gasteiger partial charge < -0.3 is 14.2 Å². The molecule has 6 nitrogen and oxygen atoms in total. The van der Waals surface area contributed by atoms with Gasteiger partial charge in [-0.1, -0.05) is 184 Å². The molecule has 59 heavy (non-hydrogen) atoms. The summed E-state index contributed by atoms with van der Waals surface area (Å²) in [5, 5.41) is 0. The van der Waals surface area contributed by atoms with Crippen LogP contribution in [0.4, 0.5) is 0 Å². The molecule has 0 heterocycles. The molecular weight excluding hydrogens is 733 g/mol. The van der Waals surface area contributed by atoms with Crippen molar-refractivity contribution >= 4 is 17.9 Å². The van der Waals surface area contributed by atoms with Crippen molar-refractivity contribution in [3.8, 4) is 0 Å². The van der Waals surface area contributed by atoms with E-state index in [1.54, 1.807) is 0 Å². The average Bonchev–Trinajstić information content (AvgIpc) is 3.23. The quantitative estimate of drug-likeness (QED) is 0.0263. The molecule has 0 aromatic rings. The van der Waals surface area contributed by atoms with Crippen LogP contribution in [0.15, 0.2) is 60.8 Å². The molecule has 0 aromatic heterocycles. The summed E-state index contributed by atoms with van der Waals surface area (Å²) in [6.45, 7) is 6.43. The third-order valence-electron chi connectivity index (χ3n) is 10.5. The topological polar surface area (TPSA) is 78.9 Å². The first kappa shape index (κ1) is 56.1. The first-order valence-corrected chi connectivity index (χ1v) is 24.8. The van der Waals surface area contributed by atoms with Gasteiger partial charge in [-0.15, -0.1) is 0 Å². The number of hydrogen-bond donors (Lipinski definition) is 0. The highest BCUT2D eigenvalue weighted by atomic mass is 16.6. The molecule has 0 aliphatic heterocycles. The molecule has 0 radical (unpaired) electrons. The molecular formula is C53H92O6. The highest BCUT2D eigenvalue weighted by Gasteiger charge is 2.19. The highest BCUT2D eigenvalue weighted by Crippen LogP contribution is 2.14. The van der Waals surface area contributed by atoms with E-state index in [4.69, 9.17) is 14.2 Å². The second-order valence-corrected chi connectivity index (χ2v) is 16.3. The van der Waals surface area contributed by atoms with E-state index in [1.807, 2.05) is 0 Å². The lowest BCUT2D eigenvalue weighted by Crippen LogP contribution is -2.30. The predicted molar refractivity (Wildman–Crippen MR) is 251 cm³/mol. The van der Waals surface area contributed by atoms with Gasteiger partial charge in [-0.3, -0.25) is 14.4 Å². The number of carbonyl (C=O) groups is 3. The summed E-state index contributed by atoms with van der Waals surface area (Å²) >= 11 is 0. The zero-order chi connectivity index (χ0) is 43.0. The van der Waals surface area contributed by atoms with Crippen LogP contribution in [-0.2, 0) is 28.6 Å². The number of unbranched alkanes of at least 4 members (excludes halogenated alkanes) is 23. The Hall–Kier alpha value is -2.89. The molecule has 1 atom stereocenters.